The molecule has 0 fully saturated rings. The molecule has 1 N–H and O–H groups in total. The maximum absolute atomic E-state index is 11.0. The summed E-state index contributed by atoms with van der Waals surface area (Å²) in [6.07, 6.45) is 1.59. The van der Waals surface area contributed by atoms with E-state index in [1.165, 1.54) is 19.1 Å². The van der Waals surface area contributed by atoms with Gasteiger partial charge in [-0.15, -0.1) is 0 Å². The second-order valence-corrected chi connectivity index (χ2v) is 2.87. The largest absolute Gasteiger partial charge is 0.508 e. The zero-order valence-corrected chi connectivity index (χ0v) is 7.99. The molecule has 0 atom stereocenters. The van der Waals surface area contributed by atoms with Crippen molar-refractivity contribution < 1.29 is 14.6 Å². The Hall–Kier alpha value is -1.77. The monoisotopic (exact) mass is 192 g/mol. The normalized spacial score (nSPS) is 9.50. The number of rotatable bonds is 4. The number of carbonyl (C=O) groups excluding carboxylic acids is 1. The minimum absolute atomic E-state index is 0.0248. The highest BCUT2D eigenvalue weighted by molar-refractivity contribution is 5.94. The maximum atomic E-state index is 11.0. The molecule has 74 valence electrons. The van der Waals surface area contributed by atoms with Crippen LogP contribution in [0.1, 0.15) is 17.3 Å². The van der Waals surface area contributed by atoms with Crippen LogP contribution >= 0.6 is 0 Å². The summed E-state index contributed by atoms with van der Waals surface area (Å²) in [5, 5.41) is 9.28. The van der Waals surface area contributed by atoms with E-state index < -0.39 is 0 Å². The Morgan fingerprint density at radius 2 is 2.29 bits per heavy atom. The lowest BCUT2D eigenvalue weighted by molar-refractivity contribution is 0.101. The van der Waals surface area contributed by atoms with Crippen LogP contribution in [0, 0.1) is 0 Å². The fraction of sp³-hybridized carbons (Fsp3) is 0.182. The molecule has 0 aromatic heterocycles. The first-order valence-electron chi connectivity index (χ1n) is 4.22. The van der Waals surface area contributed by atoms with E-state index in [-0.39, 0.29) is 11.5 Å². The van der Waals surface area contributed by atoms with E-state index >= 15 is 0 Å². The van der Waals surface area contributed by atoms with E-state index in [1.54, 1.807) is 12.1 Å². The summed E-state index contributed by atoms with van der Waals surface area (Å²) < 4.78 is 5.20. The van der Waals surface area contributed by atoms with Gasteiger partial charge in [-0.1, -0.05) is 12.7 Å². The van der Waals surface area contributed by atoms with Gasteiger partial charge in [0.1, 0.15) is 18.1 Å². The first-order chi connectivity index (χ1) is 6.63. The highest BCUT2D eigenvalue weighted by Gasteiger charge is 2.04. The van der Waals surface area contributed by atoms with Crippen molar-refractivity contribution in [1.82, 2.24) is 0 Å². The number of phenolic OH excluding ortho intramolecular Hbond substituents is 1. The zero-order chi connectivity index (χ0) is 10.6. The fourth-order valence-corrected chi connectivity index (χ4v) is 1.03. The summed E-state index contributed by atoms with van der Waals surface area (Å²) in [4.78, 5) is 11.0. The first-order valence-corrected chi connectivity index (χ1v) is 4.22. The molecule has 14 heavy (non-hydrogen) atoms. The molecule has 0 spiro atoms. The van der Waals surface area contributed by atoms with Gasteiger partial charge in [-0.25, -0.2) is 0 Å². The summed E-state index contributed by atoms with van der Waals surface area (Å²) in [7, 11) is 0. The summed E-state index contributed by atoms with van der Waals surface area (Å²) in [6, 6.07) is 4.45. The Balaban J connectivity index is 2.94. The summed E-state index contributed by atoms with van der Waals surface area (Å²) in [6.45, 7) is 5.29. The molecule has 0 aliphatic heterocycles. The van der Waals surface area contributed by atoms with Gasteiger partial charge in [0, 0.05) is 11.6 Å². The highest BCUT2D eigenvalue weighted by Crippen LogP contribution is 2.22. The number of hydrogen-bond acceptors (Lipinski definition) is 3. The molecule has 0 aliphatic rings. The predicted octanol–water partition coefficient (Wildman–Crippen LogP) is 2.16. The minimum Gasteiger partial charge on any atom is -0.508 e. The summed E-state index contributed by atoms with van der Waals surface area (Å²) in [5.74, 6) is 0.385. The molecule has 0 saturated heterocycles. The van der Waals surface area contributed by atoms with Gasteiger partial charge < -0.3 is 9.84 Å². The van der Waals surface area contributed by atoms with Gasteiger partial charge in [0.2, 0.25) is 0 Å². The molecule has 0 saturated carbocycles. The van der Waals surface area contributed by atoms with Crippen LogP contribution in [0.2, 0.25) is 0 Å². The van der Waals surface area contributed by atoms with Crippen LogP contribution in [0.3, 0.4) is 0 Å². The van der Waals surface area contributed by atoms with Crippen molar-refractivity contribution in [3.63, 3.8) is 0 Å². The molecule has 0 unspecified atom stereocenters. The standard InChI is InChI=1S/C11H12O3/c1-3-4-14-11-6-9(8(2)12)5-10(13)7-11/h3,5-7,13H,1,4H2,2H3. The third-order valence-corrected chi connectivity index (χ3v) is 1.67. The van der Waals surface area contributed by atoms with Crippen molar-refractivity contribution >= 4 is 5.78 Å². The van der Waals surface area contributed by atoms with Crippen LogP contribution < -0.4 is 4.74 Å². The molecule has 1 rings (SSSR count). The van der Waals surface area contributed by atoms with Gasteiger partial charge in [-0.05, 0) is 19.1 Å². The number of carbonyl (C=O) groups is 1. The summed E-state index contributed by atoms with van der Waals surface area (Å²) in [5.41, 5.74) is 0.434. The lowest BCUT2D eigenvalue weighted by Crippen LogP contribution is -1.96. The first kappa shape index (κ1) is 10.3. The van der Waals surface area contributed by atoms with Crippen molar-refractivity contribution in [2.75, 3.05) is 6.61 Å². The number of phenols is 1. The molecule has 1 aromatic rings. The van der Waals surface area contributed by atoms with Gasteiger partial charge in [-0.3, -0.25) is 4.79 Å². The van der Waals surface area contributed by atoms with Crippen molar-refractivity contribution in [1.29, 1.82) is 0 Å². The van der Waals surface area contributed by atoms with E-state index in [1.807, 2.05) is 0 Å². The van der Waals surface area contributed by atoms with E-state index in [9.17, 15) is 9.90 Å². The number of Topliss-reactive ketones (excluding diaryl/α,β-unsaturated/α-hetero) is 1. The average Bonchev–Trinajstić information content (AvgIpc) is 2.14. The van der Waals surface area contributed by atoms with Gasteiger partial charge in [0.25, 0.3) is 0 Å². The van der Waals surface area contributed by atoms with Crippen LogP contribution in [-0.4, -0.2) is 17.5 Å². The Bertz CT molecular complexity index is 356. The Labute approximate surface area is 82.6 Å². The van der Waals surface area contributed by atoms with Gasteiger partial charge >= 0.3 is 0 Å². The van der Waals surface area contributed by atoms with Gasteiger partial charge in [0.15, 0.2) is 5.78 Å². The predicted molar refractivity (Wildman–Crippen MR) is 53.8 cm³/mol. The smallest absolute Gasteiger partial charge is 0.160 e. The quantitative estimate of drug-likeness (QED) is 0.587. The number of aromatic hydroxyl groups is 1. The third kappa shape index (κ3) is 2.62. The molecule has 0 bridgehead atoms. The average molecular weight is 192 g/mol. The van der Waals surface area contributed by atoms with E-state index in [2.05, 4.69) is 6.58 Å². The van der Waals surface area contributed by atoms with Crippen molar-refractivity contribution in [2.24, 2.45) is 0 Å². The van der Waals surface area contributed by atoms with Crippen molar-refractivity contribution in [3.8, 4) is 11.5 Å². The lowest BCUT2D eigenvalue weighted by atomic mass is 10.1. The zero-order valence-electron chi connectivity index (χ0n) is 7.99. The molecule has 0 radical (unpaired) electrons. The number of ketones is 1. The Morgan fingerprint density at radius 3 is 2.86 bits per heavy atom. The Morgan fingerprint density at radius 1 is 1.57 bits per heavy atom. The van der Waals surface area contributed by atoms with Crippen LogP contribution in [0.4, 0.5) is 0 Å². The van der Waals surface area contributed by atoms with E-state index in [0.29, 0.717) is 17.9 Å². The van der Waals surface area contributed by atoms with Gasteiger partial charge in [0.05, 0.1) is 0 Å². The minimum atomic E-state index is -0.107. The second-order valence-electron chi connectivity index (χ2n) is 2.87. The van der Waals surface area contributed by atoms with Crippen molar-refractivity contribution in [2.45, 2.75) is 6.92 Å². The summed E-state index contributed by atoms with van der Waals surface area (Å²) >= 11 is 0. The van der Waals surface area contributed by atoms with Crippen LogP contribution in [-0.2, 0) is 0 Å². The molecule has 3 nitrogen and oxygen atoms in total. The lowest BCUT2D eigenvalue weighted by Gasteiger charge is -2.05. The SMILES string of the molecule is C=CCOc1cc(O)cc(C(C)=O)c1. The van der Waals surface area contributed by atoms with Crippen molar-refractivity contribution in [3.05, 3.63) is 36.4 Å². The second kappa shape index (κ2) is 4.46. The van der Waals surface area contributed by atoms with E-state index in [4.69, 9.17) is 4.74 Å². The number of ether oxygens (including phenoxy) is 1. The van der Waals surface area contributed by atoms with E-state index in [0.717, 1.165) is 0 Å². The topological polar surface area (TPSA) is 46.5 Å². The van der Waals surface area contributed by atoms with Crippen LogP contribution in [0.25, 0.3) is 0 Å². The molecule has 0 aliphatic carbocycles. The molecule has 1 aromatic carbocycles. The molecular weight excluding hydrogens is 180 g/mol. The molecule has 0 heterocycles. The van der Waals surface area contributed by atoms with Crippen LogP contribution in [0.5, 0.6) is 11.5 Å². The third-order valence-electron chi connectivity index (χ3n) is 1.67. The van der Waals surface area contributed by atoms with Crippen LogP contribution in [0.15, 0.2) is 30.9 Å². The highest BCUT2D eigenvalue weighted by atomic mass is 16.5. The molecule has 3 heteroatoms. The van der Waals surface area contributed by atoms with Gasteiger partial charge in [-0.2, -0.15) is 0 Å². The number of benzene rings is 1. The molecular formula is C11H12O3. The fourth-order valence-electron chi connectivity index (χ4n) is 1.03. The molecule has 0 amide bonds. The maximum Gasteiger partial charge on any atom is 0.160 e. The Kier molecular flexibility index (Phi) is 3.29. The number of hydrogen-bond donors (Lipinski definition) is 1.